The lowest BCUT2D eigenvalue weighted by Gasteiger charge is -2.32. The molecule has 1 atom stereocenters. The minimum Gasteiger partial charge on any atom is -0.463 e. The smallest absolute Gasteiger partial charge is 0.229 e. The number of carbonyl (C=O) groups is 1. The Kier molecular flexibility index (Phi) is 5.31. The summed E-state index contributed by atoms with van der Waals surface area (Å²) in [5, 5.41) is 13.8. The molecule has 0 aliphatic carbocycles. The summed E-state index contributed by atoms with van der Waals surface area (Å²) >= 11 is 1.60. The van der Waals surface area contributed by atoms with E-state index >= 15 is 0 Å². The van der Waals surface area contributed by atoms with E-state index in [4.69, 9.17) is 4.42 Å². The standard InChI is InChI=1S/C25H22N6O2S/c32-24(26-19-6-1-4-17(14-19)21-16-31-11-13-34-25(31)27-21)18-5-2-10-30(15-18)23-9-8-20(28-29-23)22-7-3-12-33-22/h1,3-4,6-9,11-14,16,18H,2,5,10,15H2,(H,26,32). The molecule has 1 saturated heterocycles. The van der Waals surface area contributed by atoms with Gasteiger partial charge in [0.25, 0.3) is 0 Å². The van der Waals surface area contributed by atoms with Crippen molar-refractivity contribution in [2.24, 2.45) is 5.92 Å². The molecule has 0 spiro atoms. The highest BCUT2D eigenvalue weighted by Crippen LogP contribution is 2.27. The van der Waals surface area contributed by atoms with Gasteiger partial charge < -0.3 is 14.6 Å². The molecule has 1 aliphatic rings. The third-order valence-corrected chi connectivity index (χ3v) is 6.83. The van der Waals surface area contributed by atoms with Crippen molar-refractivity contribution in [2.75, 3.05) is 23.3 Å². The Bertz CT molecular complexity index is 1390. The van der Waals surface area contributed by atoms with Gasteiger partial charge in [-0.2, -0.15) is 0 Å². The van der Waals surface area contributed by atoms with Gasteiger partial charge in [-0.05, 0) is 49.2 Å². The van der Waals surface area contributed by atoms with Gasteiger partial charge in [-0.25, -0.2) is 4.98 Å². The quantitative estimate of drug-likeness (QED) is 0.390. The van der Waals surface area contributed by atoms with E-state index in [1.807, 2.05) is 70.7 Å². The maximum absolute atomic E-state index is 13.1. The summed E-state index contributed by atoms with van der Waals surface area (Å²) in [4.78, 5) is 20.8. The van der Waals surface area contributed by atoms with Crippen LogP contribution in [0.3, 0.4) is 0 Å². The molecule has 1 amide bonds. The number of anilines is 2. The number of nitrogens with zero attached hydrogens (tertiary/aromatic N) is 5. The van der Waals surface area contributed by atoms with Gasteiger partial charge in [-0.1, -0.05) is 12.1 Å². The third-order valence-electron chi connectivity index (χ3n) is 6.06. The van der Waals surface area contributed by atoms with Crippen LogP contribution in [0, 0.1) is 5.92 Å². The van der Waals surface area contributed by atoms with Crippen molar-refractivity contribution in [3.63, 3.8) is 0 Å². The molecular weight excluding hydrogens is 448 g/mol. The van der Waals surface area contributed by atoms with E-state index in [-0.39, 0.29) is 11.8 Å². The molecule has 0 bridgehead atoms. The number of hydrogen-bond acceptors (Lipinski definition) is 7. The summed E-state index contributed by atoms with van der Waals surface area (Å²) in [5.74, 6) is 1.36. The van der Waals surface area contributed by atoms with Gasteiger partial charge in [-0.3, -0.25) is 9.20 Å². The number of nitrogens with one attached hydrogen (secondary N) is 1. The van der Waals surface area contributed by atoms with Crippen LogP contribution in [0.2, 0.25) is 0 Å². The lowest BCUT2D eigenvalue weighted by atomic mass is 9.97. The lowest BCUT2D eigenvalue weighted by Crippen LogP contribution is -2.41. The fourth-order valence-corrected chi connectivity index (χ4v) is 5.02. The summed E-state index contributed by atoms with van der Waals surface area (Å²) in [5.41, 5.74) is 3.34. The Labute approximate surface area is 199 Å². The number of benzene rings is 1. The third kappa shape index (κ3) is 4.06. The predicted octanol–water partition coefficient (Wildman–Crippen LogP) is 4.97. The predicted molar refractivity (Wildman–Crippen MR) is 132 cm³/mol. The van der Waals surface area contributed by atoms with E-state index in [1.165, 1.54) is 0 Å². The van der Waals surface area contributed by atoms with Crippen molar-refractivity contribution in [1.82, 2.24) is 19.6 Å². The second-order valence-corrected chi connectivity index (χ2v) is 9.20. The Morgan fingerprint density at radius 3 is 2.91 bits per heavy atom. The SMILES string of the molecule is O=C(Nc1cccc(-c2cn3ccsc3n2)c1)C1CCCN(c2ccc(-c3ccco3)nn2)C1. The zero-order valence-electron chi connectivity index (χ0n) is 18.3. The minimum absolute atomic E-state index is 0.0211. The van der Waals surface area contributed by atoms with E-state index in [0.717, 1.165) is 47.1 Å². The van der Waals surface area contributed by atoms with Crippen LogP contribution >= 0.6 is 11.3 Å². The van der Waals surface area contributed by atoms with Crippen molar-refractivity contribution < 1.29 is 9.21 Å². The molecule has 0 saturated carbocycles. The van der Waals surface area contributed by atoms with Crippen LogP contribution in [0.25, 0.3) is 27.7 Å². The van der Waals surface area contributed by atoms with Crippen LogP contribution in [0.4, 0.5) is 11.5 Å². The van der Waals surface area contributed by atoms with Crippen LogP contribution < -0.4 is 10.2 Å². The summed E-state index contributed by atoms with van der Waals surface area (Å²) in [6.07, 6.45) is 7.38. The molecular formula is C25H22N6O2S. The highest BCUT2D eigenvalue weighted by atomic mass is 32.1. The maximum atomic E-state index is 13.1. The summed E-state index contributed by atoms with van der Waals surface area (Å²) in [6, 6.07) is 15.4. The van der Waals surface area contributed by atoms with Gasteiger partial charge in [0.05, 0.1) is 17.9 Å². The van der Waals surface area contributed by atoms with E-state index in [0.29, 0.717) is 18.0 Å². The number of amides is 1. The maximum Gasteiger partial charge on any atom is 0.229 e. The van der Waals surface area contributed by atoms with Crippen molar-refractivity contribution in [2.45, 2.75) is 12.8 Å². The van der Waals surface area contributed by atoms with Gasteiger partial charge >= 0.3 is 0 Å². The number of fused-ring (bicyclic) bond motifs is 1. The first-order chi connectivity index (χ1) is 16.7. The molecule has 9 heteroatoms. The van der Waals surface area contributed by atoms with E-state index < -0.39 is 0 Å². The number of furan rings is 1. The van der Waals surface area contributed by atoms with Crippen molar-refractivity contribution in [1.29, 1.82) is 0 Å². The molecule has 1 fully saturated rings. The summed E-state index contributed by atoms with van der Waals surface area (Å²) < 4.78 is 7.39. The molecule has 34 heavy (non-hydrogen) atoms. The van der Waals surface area contributed by atoms with Crippen LogP contribution in [0.1, 0.15) is 12.8 Å². The van der Waals surface area contributed by atoms with Crippen molar-refractivity contribution in [3.05, 3.63) is 72.6 Å². The van der Waals surface area contributed by atoms with Crippen LogP contribution in [0.15, 0.2) is 77.0 Å². The van der Waals surface area contributed by atoms with Gasteiger partial charge in [0.1, 0.15) is 5.69 Å². The van der Waals surface area contributed by atoms with E-state index in [1.54, 1.807) is 17.6 Å². The van der Waals surface area contributed by atoms with Crippen LogP contribution in [-0.4, -0.2) is 38.6 Å². The molecule has 1 aliphatic heterocycles. The Balaban J connectivity index is 1.13. The van der Waals surface area contributed by atoms with E-state index in [9.17, 15) is 4.79 Å². The molecule has 1 N–H and O–H groups in total. The number of carbonyl (C=O) groups excluding carboxylic acids is 1. The first kappa shape index (κ1) is 20.6. The average Bonchev–Trinajstić information content (AvgIpc) is 3.63. The van der Waals surface area contributed by atoms with Gasteiger partial charge in [0, 0.05) is 42.1 Å². The molecule has 1 unspecified atom stereocenters. The minimum atomic E-state index is -0.123. The average molecular weight is 471 g/mol. The topological polar surface area (TPSA) is 88.6 Å². The lowest BCUT2D eigenvalue weighted by molar-refractivity contribution is -0.120. The fraction of sp³-hybridized carbons (Fsp3) is 0.200. The molecule has 1 aromatic carbocycles. The highest BCUT2D eigenvalue weighted by Gasteiger charge is 2.27. The number of piperidine rings is 1. The highest BCUT2D eigenvalue weighted by molar-refractivity contribution is 7.15. The summed E-state index contributed by atoms with van der Waals surface area (Å²) in [6.45, 7) is 1.46. The Morgan fingerprint density at radius 1 is 1.12 bits per heavy atom. The van der Waals surface area contributed by atoms with Crippen LogP contribution in [0.5, 0.6) is 0 Å². The monoisotopic (exact) mass is 470 g/mol. The van der Waals surface area contributed by atoms with Gasteiger partial charge in [-0.15, -0.1) is 21.5 Å². The second kappa shape index (κ2) is 8.75. The second-order valence-electron chi connectivity index (χ2n) is 8.33. The number of rotatable bonds is 5. The molecule has 6 rings (SSSR count). The Morgan fingerprint density at radius 2 is 2.09 bits per heavy atom. The number of thiazole rings is 1. The van der Waals surface area contributed by atoms with Crippen molar-refractivity contribution >= 4 is 33.7 Å². The van der Waals surface area contributed by atoms with Gasteiger partial charge in [0.15, 0.2) is 16.5 Å². The molecule has 0 radical (unpaired) electrons. The molecule has 4 aromatic heterocycles. The fourth-order valence-electron chi connectivity index (χ4n) is 4.32. The number of aromatic nitrogens is 4. The molecule has 5 aromatic rings. The number of imidazole rings is 1. The van der Waals surface area contributed by atoms with E-state index in [2.05, 4.69) is 25.4 Å². The molecule has 5 heterocycles. The molecule has 170 valence electrons. The number of hydrogen-bond donors (Lipinski definition) is 1. The molecule has 8 nitrogen and oxygen atoms in total. The van der Waals surface area contributed by atoms with Gasteiger partial charge in [0.2, 0.25) is 5.91 Å². The first-order valence-corrected chi connectivity index (χ1v) is 12.1. The first-order valence-electron chi connectivity index (χ1n) is 11.2. The summed E-state index contributed by atoms with van der Waals surface area (Å²) in [7, 11) is 0. The zero-order valence-corrected chi connectivity index (χ0v) is 19.1. The van der Waals surface area contributed by atoms with Crippen LogP contribution in [-0.2, 0) is 4.79 Å². The Hall–Kier alpha value is -3.98. The normalized spacial score (nSPS) is 16.1. The largest absolute Gasteiger partial charge is 0.463 e. The zero-order chi connectivity index (χ0) is 22.9. The van der Waals surface area contributed by atoms with Crippen molar-refractivity contribution in [3.8, 4) is 22.7 Å².